The Morgan fingerprint density at radius 3 is 2.85 bits per heavy atom. The zero-order valence-corrected chi connectivity index (χ0v) is 19.0. The van der Waals surface area contributed by atoms with Gasteiger partial charge in [-0.05, 0) is 48.7 Å². The van der Waals surface area contributed by atoms with Crippen LogP contribution in [-0.4, -0.2) is 61.4 Å². The van der Waals surface area contributed by atoms with E-state index in [9.17, 15) is 14.0 Å². The van der Waals surface area contributed by atoms with E-state index in [0.29, 0.717) is 54.0 Å². The van der Waals surface area contributed by atoms with Gasteiger partial charge >= 0.3 is 0 Å². The summed E-state index contributed by atoms with van der Waals surface area (Å²) in [5.74, 6) is -0.242. The SMILES string of the molecule is COC[C@H]1COCCN1C(=O)[C@@H](C)Oc1ccc2c(-c3ccc(F)cc3Cl)c[nH]c(=O)c2c1. The van der Waals surface area contributed by atoms with Crippen LogP contribution in [0.5, 0.6) is 5.75 Å². The van der Waals surface area contributed by atoms with Gasteiger partial charge < -0.3 is 24.1 Å². The van der Waals surface area contributed by atoms with E-state index in [1.54, 1.807) is 49.4 Å². The average molecular weight is 475 g/mol. The number of methoxy groups -OCH3 is 1. The first-order valence-electron chi connectivity index (χ1n) is 10.5. The lowest BCUT2D eigenvalue weighted by Gasteiger charge is -2.36. The predicted molar refractivity (Wildman–Crippen MR) is 123 cm³/mol. The number of pyridine rings is 1. The summed E-state index contributed by atoms with van der Waals surface area (Å²) in [7, 11) is 1.58. The lowest BCUT2D eigenvalue weighted by molar-refractivity contribution is -0.148. The van der Waals surface area contributed by atoms with E-state index in [4.69, 9.17) is 25.8 Å². The van der Waals surface area contributed by atoms with E-state index < -0.39 is 11.9 Å². The van der Waals surface area contributed by atoms with Gasteiger partial charge in [0.1, 0.15) is 11.6 Å². The number of rotatable bonds is 6. The van der Waals surface area contributed by atoms with Crippen LogP contribution < -0.4 is 10.3 Å². The molecule has 1 aliphatic heterocycles. The van der Waals surface area contributed by atoms with Gasteiger partial charge in [-0.2, -0.15) is 0 Å². The maximum absolute atomic E-state index is 13.5. The number of fused-ring (bicyclic) bond motifs is 1. The number of nitrogens with zero attached hydrogens (tertiary/aromatic N) is 1. The van der Waals surface area contributed by atoms with Crippen LogP contribution >= 0.6 is 11.6 Å². The number of hydrogen-bond acceptors (Lipinski definition) is 5. The van der Waals surface area contributed by atoms with Crippen LogP contribution in [0.4, 0.5) is 4.39 Å². The van der Waals surface area contributed by atoms with Gasteiger partial charge in [0.25, 0.3) is 11.5 Å². The van der Waals surface area contributed by atoms with Gasteiger partial charge in [-0.15, -0.1) is 0 Å². The molecular weight excluding hydrogens is 451 g/mol. The molecule has 0 radical (unpaired) electrons. The molecule has 4 rings (SSSR count). The minimum atomic E-state index is -0.770. The standard InChI is InChI=1S/C24H24ClFN2O5/c1-14(24(30)28-7-8-32-13-16(28)12-31-2)33-17-4-6-18-20(10-17)23(29)27-11-21(18)19-5-3-15(26)9-22(19)25/h3-6,9-11,14,16H,7-8,12-13H2,1-2H3,(H,27,29)/t14-,16+/m1/s1. The molecule has 1 amide bonds. The molecule has 0 aliphatic carbocycles. The van der Waals surface area contributed by atoms with E-state index in [2.05, 4.69) is 4.98 Å². The van der Waals surface area contributed by atoms with Crippen LogP contribution in [0.3, 0.4) is 0 Å². The molecule has 1 saturated heterocycles. The van der Waals surface area contributed by atoms with Gasteiger partial charge in [0.05, 0.1) is 36.3 Å². The number of halogens is 2. The van der Waals surface area contributed by atoms with Gasteiger partial charge in [0.15, 0.2) is 6.10 Å². The Bertz CT molecular complexity index is 1230. The number of ether oxygens (including phenoxy) is 3. The number of aromatic amines is 1. The molecule has 1 aliphatic rings. The zero-order chi connectivity index (χ0) is 23.5. The van der Waals surface area contributed by atoms with Crippen molar-refractivity contribution in [2.75, 3.05) is 33.5 Å². The predicted octanol–water partition coefficient (Wildman–Crippen LogP) is 3.63. The van der Waals surface area contributed by atoms with Crippen LogP contribution in [0.25, 0.3) is 21.9 Å². The Hall–Kier alpha value is -2.94. The molecule has 1 aromatic heterocycles. The number of hydrogen-bond donors (Lipinski definition) is 1. The van der Waals surface area contributed by atoms with Crippen LogP contribution in [0, 0.1) is 5.82 Å². The molecule has 0 bridgehead atoms. The monoisotopic (exact) mass is 474 g/mol. The van der Waals surface area contributed by atoms with Crippen molar-refractivity contribution in [3.8, 4) is 16.9 Å². The topological polar surface area (TPSA) is 80.9 Å². The Labute approximate surface area is 195 Å². The molecule has 0 unspecified atom stereocenters. The van der Waals surface area contributed by atoms with E-state index in [1.807, 2.05) is 0 Å². The van der Waals surface area contributed by atoms with Crippen LogP contribution in [0.15, 0.2) is 47.4 Å². The molecule has 33 heavy (non-hydrogen) atoms. The number of benzene rings is 2. The van der Waals surface area contributed by atoms with E-state index >= 15 is 0 Å². The number of amides is 1. The maximum atomic E-state index is 13.5. The number of carbonyl (C=O) groups excluding carboxylic acids is 1. The molecule has 2 heterocycles. The summed E-state index contributed by atoms with van der Waals surface area (Å²) in [4.78, 5) is 29.9. The Morgan fingerprint density at radius 1 is 1.27 bits per heavy atom. The van der Waals surface area contributed by atoms with Crippen molar-refractivity contribution in [2.24, 2.45) is 0 Å². The minimum absolute atomic E-state index is 0.176. The number of morpholine rings is 1. The third-order valence-corrected chi connectivity index (χ3v) is 5.94. The molecule has 174 valence electrons. The first-order valence-corrected chi connectivity index (χ1v) is 10.9. The lowest BCUT2D eigenvalue weighted by atomic mass is 10.0. The molecular formula is C24H24ClFN2O5. The van der Waals surface area contributed by atoms with Crippen LogP contribution in [0.2, 0.25) is 5.02 Å². The summed E-state index contributed by atoms with van der Waals surface area (Å²) in [6, 6.07) is 8.93. The highest BCUT2D eigenvalue weighted by atomic mass is 35.5. The number of nitrogens with one attached hydrogen (secondary N) is 1. The van der Waals surface area contributed by atoms with Crippen molar-refractivity contribution in [1.82, 2.24) is 9.88 Å². The summed E-state index contributed by atoms with van der Waals surface area (Å²) < 4.78 is 30.0. The second-order valence-electron chi connectivity index (χ2n) is 7.84. The van der Waals surface area contributed by atoms with Gasteiger partial charge in [-0.3, -0.25) is 9.59 Å². The largest absolute Gasteiger partial charge is 0.481 e. The molecule has 1 fully saturated rings. The summed E-state index contributed by atoms with van der Waals surface area (Å²) in [5.41, 5.74) is 0.929. The third kappa shape index (κ3) is 4.88. The summed E-state index contributed by atoms with van der Waals surface area (Å²) in [6.07, 6.45) is 0.777. The van der Waals surface area contributed by atoms with Crippen molar-refractivity contribution in [2.45, 2.75) is 19.1 Å². The lowest BCUT2D eigenvalue weighted by Crippen LogP contribution is -2.54. The molecule has 9 heteroatoms. The fourth-order valence-electron chi connectivity index (χ4n) is 4.01. The highest BCUT2D eigenvalue weighted by molar-refractivity contribution is 6.33. The smallest absolute Gasteiger partial charge is 0.263 e. The van der Waals surface area contributed by atoms with E-state index in [1.165, 1.54) is 12.1 Å². The van der Waals surface area contributed by atoms with Crippen molar-refractivity contribution in [1.29, 1.82) is 0 Å². The highest BCUT2D eigenvalue weighted by Crippen LogP contribution is 2.33. The van der Waals surface area contributed by atoms with E-state index in [-0.39, 0.29) is 22.5 Å². The molecule has 7 nitrogen and oxygen atoms in total. The fraction of sp³-hybridized carbons (Fsp3) is 0.333. The second-order valence-corrected chi connectivity index (χ2v) is 8.25. The zero-order valence-electron chi connectivity index (χ0n) is 18.3. The Morgan fingerprint density at radius 2 is 2.09 bits per heavy atom. The summed E-state index contributed by atoms with van der Waals surface area (Å²) in [6.45, 7) is 3.37. The van der Waals surface area contributed by atoms with Crippen LogP contribution in [0.1, 0.15) is 6.92 Å². The van der Waals surface area contributed by atoms with Crippen LogP contribution in [-0.2, 0) is 14.3 Å². The Balaban J connectivity index is 1.61. The first-order chi connectivity index (χ1) is 15.9. The normalized spacial score (nSPS) is 17.2. The van der Waals surface area contributed by atoms with Gasteiger partial charge in [0, 0.05) is 31.0 Å². The highest BCUT2D eigenvalue weighted by Gasteiger charge is 2.31. The van der Waals surface area contributed by atoms with Crippen molar-refractivity contribution in [3.05, 3.63) is 63.8 Å². The van der Waals surface area contributed by atoms with E-state index in [0.717, 1.165) is 0 Å². The number of aromatic nitrogens is 1. The molecule has 2 aromatic carbocycles. The quantitative estimate of drug-likeness (QED) is 0.590. The third-order valence-electron chi connectivity index (χ3n) is 5.63. The molecule has 3 aromatic rings. The molecule has 1 N–H and O–H groups in total. The van der Waals surface area contributed by atoms with Gasteiger partial charge in [-0.1, -0.05) is 11.6 Å². The van der Waals surface area contributed by atoms with Gasteiger partial charge in [0.2, 0.25) is 0 Å². The summed E-state index contributed by atoms with van der Waals surface area (Å²) in [5, 5.41) is 1.24. The summed E-state index contributed by atoms with van der Waals surface area (Å²) >= 11 is 6.23. The molecule has 0 saturated carbocycles. The second kappa shape index (κ2) is 9.91. The minimum Gasteiger partial charge on any atom is -0.481 e. The molecule has 2 atom stereocenters. The van der Waals surface area contributed by atoms with Crippen molar-refractivity contribution < 1.29 is 23.4 Å². The number of H-pyrrole nitrogens is 1. The first kappa shape index (κ1) is 23.2. The Kier molecular flexibility index (Phi) is 6.97. The average Bonchev–Trinajstić information content (AvgIpc) is 2.80. The molecule has 0 spiro atoms. The van der Waals surface area contributed by atoms with Gasteiger partial charge in [-0.25, -0.2) is 4.39 Å². The van der Waals surface area contributed by atoms with Crippen molar-refractivity contribution in [3.63, 3.8) is 0 Å². The fourth-order valence-corrected chi connectivity index (χ4v) is 4.28. The number of carbonyl (C=O) groups is 1. The van der Waals surface area contributed by atoms with Crippen molar-refractivity contribution >= 4 is 28.3 Å². The maximum Gasteiger partial charge on any atom is 0.263 e.